The highest BCUT2D eigenvalue weighted by atomic mass is 16.2. The van der Waals surface area contributed by atoms with Gasteiger partial charge in [0.05, 0.1) is 12.1 Å². The first-order valence-corrected chi connectivity index (χ1v) is 5.64. The Hall–Kier alpha value is -1.85. The highest BCUT2D eigenvalue weighted by molar-refractivity contribution is 6.06. The van der Waals surface area contributed by atoms with Gasteiger partial charge in [0.1, 0.15) is 11.9 Å². The Labute approximate surface area is 99.6 Å². The summed E-state index contributed by atoms with van der Waals surface area (Å²) < 4.78 is 1.67. The monoisotopic (exact) mass is 236 g/mol. The van der Waals surface area contributed by atoms with Crippen molar-refractivity contribution >= 4 is 17.6 Å². The van der Waals surface area contributed by atoms with E-state index < -0.39 is 6.04 Å². The number of carbonyl (C=O) groups excluding carboxylic acids is 2. The second-order valence-electron chi connectivity index (χ2n) is 4.17. The molecule has 1 aromatic heterocycles. The van der Waals surface area contributed by atoms with Gasteiger partial charge in [-0.25, -0.2) is 0 Å². The van der Waals surface area contributed by atoms with Crippen molar-refractivity contribution in [3.05, 3.63) is 11.8 Å². The topological polar surface area (TPSA) is 67.2 Å². The molecule has 92 valence electrons. The quantitative estimate of drug-likeness (QED) is 0.766. The van der Waals surface area contributed by atoms with Gasteiger partial charge in [0, 0.05) is 19.7 Å². The zero-order valence-electron chi connectivity index (χ0n) is 10.2. The van der Waals surface area contributed by atoms with E-state index in [0.29, 0.717) is 6.54 Å². The fourth-order valence-electron chi connectivity index (χ4n) is 2.05. The zero-order valence-corrected chi connectivity index (χ0v) is 10.2. The van der Waals surface area contributed by atoms with Gasteiger partial charge >= 0.3 is 0 Å². The van der Waals surface area contributed by atoms with Crippen molar-refractivity contribution in [1.29, 1.82) is 0 Å². The number of amides is 2. The first-order chi connectivity index (χ1) is 8.02. The summed E-state index contributed by atoms with van der Waals surface area (Å²) >= 11 is 0. The molecule has 0 aromatic carbocycles. The molecule has 1 aliphatic rings. The number of likely N-dealkylation sites (N-methyl/N-ethyl adjacent to an activating group) is 1. The number of aromatic nitrogens is 2. The van der Waals surface area contributed by atoms with Gasteiger partial charge in [-0.15, -0.1) is 0 Å². The molecule has 6 nitrogen and oxygen atoms in total. The minimum atomic E-state index is -0.461. The van der Waals surface area contributed by atoms with Crippen LogP contribution in [0.25, 0.3) is 0 Å². The highest BCUT2D eigenvalue weighted by Crippen LogP contribution is 2.18. The molecule has 2 heterocycles. The third-order valence-corrected chi connectivity index (χ3v) is 2.88. The van der Waals surface area contributed by atoms with Gasteiger partial charge in [0.15, 0.2) is 0 Å². The van der Waals surface area contributed by atoms with Crippen LogP contribution in [0, 0.1) is 6.92 Å². The Morgan fingerprint density at radius 1 is 1.53 bits per heavy atom. The maximum absolute atomic E-state index is 11.9. The lowest BCUT2D eigenvalue weighted by molar-refractivity contribution is -0.138. The molecule has 1 saturated heterocycles. The second kappa shape index (κ2) is 4.20. The van der Waals surface area contributed by atoms with Crippen LogP contribution in [0.3, 0.4) is 0 Å². The third kappa shape index (κ3) is 2.02. The molecule has 1 aromatic rings. The SMILES string of the molecule is CCN1C(=O)CC(Nc2cc(C)nn2C)C1=O. The molecular weight excluding hydrogens is 220 g/mol. The Morgan fingerprint density at radius 2 is 2.24 bits per heavy atom. The summed E-state index contributed by atoms with van der Waals surface area (Å²) in [5.74, 6) is 0.483. The van der Waals surface area contributed by atoms with E-state index in [4.69, 9.17) is 0 Å². The third-order valence-electron chi connectivity index (χ3n) is 2.88. The average molecular weight is 236 g/mol. The first-order valence-electron chi connectivity index (χ1n) is 5.64. The normalized spacial score (nSPS) is 20.2. The van der Waals surface area contributed by atoms with E-state index in [9.17, 15) is 9.59 Å². The predicted octanol–water partition coefficient (Wildman–Crippen LogP) is 0.288. The molecule has 1 aliphatic heterocycles. The van der Waals surface area contributed by atoms with E-state index in [1.54, 1.807) is 18.7 Å². The lowest BCUT2D eigenvalue weighted by Gasteiger charge is -2.13. The number of nitrogens with one attached hydrogen (secondary N) is 1. The van der Waals surface area contributed by atoms with E-state index in [2.05, 4.69) is 10.4 Å². The molecular formula is C11H16N4O2. The largest absolute Gasteiger partial charge is 0.358 e. The maximum atomic E-state index is 11.9. The Bertz CT molecular complexity index is 466. The Morgan fingerprint density at radius 3 is 2.71 bits per heavy atom. The van der Waals surface area contributed by atoms with Gasteiger partial charge in [-0.05, 0) is 13.8 Å². The number of hydrogen-bond acceptors (Lipinski definition) is 4. The van der Waals surface area contributed by atoms with E-state index in [1.165, 1.54) is 4.90 Å². The average Bonchev–Trinajstić information content (AvgIpc) is 2.69. The van der Waals surface area contributed by atoms with Crippen LogP contribution < -0.4 is 5.32 Å². The number of nitrogens with zero attached hydrogens (tertiary/aromatic N) is 3. The smallest absolute Gasteiger partial charge is 0.252 e. The molecule has 6 heteroatoms. The van der Waals surface area contributed by atoms with Crippen LogP contribution in [-0.2, 0) is 16.6 Å². The predicted molar refractivity (Wildman–Crippen MR) is 62.4 cm³/mol. The van der Waals surface area contributed by atoms with Crippen molar-refractivity contribution in [1.82, 2.24) is 14.7 Å². The molecule has 2 rings (SSSR count). The van der Waals surface area contributed by atoms with E-state index in [1.807, 2.05) is 13.0 Å². The van der Waals surface area contributed by atoms with Crippen molar-refractivity contribution in [2.24, 2.45) is 7.05 Å². The molecule has 17 heavy (non-hydrogen) atoms. The van der Waals surface area contributed by atoms with Crippen LogP contribution in [0.2, 0.25) is 0 Å². The fraction of sp³-hybridized carbons (Fsp3) is 0.545. The minimum Gasteiger partial charge on any atom is -0.358 e. The number of rotatable bonds is 3. The number of imide groups is 1. The first kappa shape index (κ1) is 11.6. The summed E-state index contributed by atoms with van der Waals surface area (Å²) in [6.45, 7) is 4.11. The van der Waals surface area contributed by atoms with Crippen molar-refractivity contribution in [3.8, 4) is 0 Å². The summed E-state index contributed by atoms with van der Waals surface area (Å²) in [7, 11) is 1.80. The van der Waals surface area contributed by atoms with Crippen molar-refractivity contribution in [2.45, 2.75) is 26.3 Å². The summed E-state index contributed by atoms with van der Waals surface area (Å²) in [5, 5.41) is 7.24. The molecule has 1 atom stereocenters. The molecule has 2 amide bonds. The lowest BCUT2D eigenvalue weighted by atomic mass is 10.2. The van der Waals surface area contributed by atoms with E-state index >= 15 is 0 Å². The molecule has 1 unspecified atom stereocenters. The number of hydrogen-bond donors (Lipinski definition) is 1. The Balaban J connectivity index is 2.13. The molecule has 0 aliphatic carbocycles. The lowest BCUT2D eigenvalue weighted by Crippen LogP contribution is -2.34. The fourth-order valence-corrected chi connectivity index (χ4v) is 2.05. The van der Waals surface area contributed by atoms with E-state index in [0.717, 1.165) is 11.5 Å². The van der Waals surface area contributed by atoms with Gasteiger partial charge in [-0.1, -0.05) is 0 Å². The molecule has 0 radical (unpaired) electrons. The van der Waals surface area contributed by atoms with Crippen molar-refractivity contribution in [2.75, 3.05) is 11.9 Å². The number of anilines is 1. The Kier molecular flexibility index (Phi) is 2.87. The number of carbonyl (C=O) groups is 2. The van der Waals surface area contributed by atoms with Gasteiger partial charge in [0.25, 0.3) is 5.91 Å². The van der Waals surface area contributed by atoms with Crippen LogP contribution >= 0.6 is 0 Å². The number of likely N-dealkylation sites (tertiary alicyclic amines) is 1. The summed E-state index contributed by atoms with van der Waals surface area (Å²) in [4.78, 5) is 24.7. The van der Waals surface area contributed by atoms with Gasteiger partial charge in [-0.2, -0.15) is 5.10 Å². The van der Waals surface area contributed by atoms with E-state index in [-0.39, 0.29) is 18.2 Å². The molecule has 1 N–H and O–H groups in total. The van der Waals surface area contributed by atoms with Crippen molar-refractivity contribution in [3.63, 3.8) is 0 Å². The zero-order chi connectivity index (χ0) is 12.6. The van der Waals surface area contributed by atoms with Crippen LogP contribution in [0.1, 0.15) is 19.0 Å². The van der Waals surface area contributed by atoms with Crippen LogP contribution in [0.15, 0.2) is 6.07 Å². The maximum Gasteiger partial charge on any atom is 0.252 e. The summed E-state index contributed by atoms with van der Waals surface area (Å²) in [6, 6.07) is 1.39. The second-order valence-corrected chi connectivity index (χ2v) is 4.17. The summed E-state index contributed by atoms with van der Waals surface area (Å²) in [5.41, 5.74) is 0.874. The van der Waals surface area contributed by atoms with Crippen molar-refractivity contribution < 1.29 is 9.59 Å². The molecule has 0 bridgehead atoms. The molecule has 0 spiro atoms. The highest BCUT2D eigenvalue weighted by Gasteiger charge is 2.37. The van der Waals surface area contributed by atoms with Crippen LogP contribution in [0.5, 0.6) is 0 Å². The minimum absolute atomic E-state index is 0.117. The number of aryl methyl sites for hydroxylation is 2. The van der Waals surface area contributed by atoms with Crippen LogP contribution in [0.4, 0.5) is 5.82 Å². The standard InChI is InChI=1S/C11H16N4O2/c1-4-15-10(16)6-8(11(15)17)12-9-5-7(2)13-14(9)3/h5,8,12H,4,6H2,1-3H3. The molecule has 0 saturated carbocycles. The van der Waals surface area contributed by atoms with Gasteiger partial charge in [-0.3, -0.25) is 19.2 Å². The van der Waals surface area contributed by atoms with Crippen LogP contribution in [-0.4, -0.2) is 39.1 Å². The summed E-state index contributed by atoms with van der Waals surface area (Å²) in [6.07, 6.45) is 0.219. The van der Waals surface area contributed by atoms with Gasteiger partial charge in [0.2, 0.25) is 5.91 Å². The van der Waals surface area contributed by atoms with Gasteiger partial charge < -0.3 is 5.32 Å². The molecule has 1 fully saturated rings.